The van der Waals surface area contributed by atoms with Crippen LogP contribution in [0.4, 0.5) is 0 Å². The second kappa shape index (κ2) is 42.5. The molecule has 0 spiro atoms. The van der Waals surface area contributed by atoms with Crippen molar-refractivity contribution in [3.05, 3.63) is 36.5 Å². The van der Waals surface area contributed by atoms with E-state index >= 15 is 0 Å². The predicted octanol–water partition coefficient (Wildman–Crippen LogP) is 13.8. The molecule has 0 aliphatic rings. The summed E-state index contributed by atoms with van der Waals surface area (Å²) in [6.45, 7) is 4.21. The third kappa shape index (κ3) is 45.7. The molecule has 0 aliphatic heterocycles. The summed E-state index contributed by atoms with van der Waals surface area (Å²) < 4.78 is 34.0. The molecular formula is C50H94NO8P. The highest BCUT2D eigenvalue weighted by Gasteiger charge is 2.21. The highest BCUT2D eigenvalue weighted by molar-refractivity contribution is 7.45. The molecule has 0 bridgehead atoms. The van der Waals surface area contributed by atoms with Crippen LogP contribution in [0.15, 0.2) is 36.5 Å². The van der Waals surface area contributed by atoms with Gasteiger partial charge in [-0.15, -0.1) is 0 Å². The van der Waals surface area contributed by atoms with Crippen molar-refractivity contribution in [2.75, 3.05) is 47.5 Å². The van der Waals surface area contributed by atoms with E-state index in [9.17, 15) is 19.0 Å². The molecule has 0 aliphatic carbocycles. The molecule has 0 N–H and O–H groups in total. The lowest BCUT2D eigenvalue weighted by atomic mass is 10.1. The number of rotatable bonds is 45. The van der Waals surface area contributed by atoms with Gasteiger partial charge in [0.05, 0.1) is 27.7 Å². The van der Waals surface area contributed by atoms with Crippen LogP contribution in [0.25, 0.3) is 0 Å². The van der Waals surface area contributed by atoms with Crippen molar-refractivity contribution in [3.63, 3.8) is 0 Å². The van der Waals surface area contributed by atoms with Crippen molar-refractivity contribution in [2.24, 2.45) is 0 Å². The van der Waals surface area contributed by atoms with Crippen molar-refractivity contribution < 1.29 is 42.1 Å². The first-order valence-electron chi connectivity index (χ1n) is 24.7. The standard InChI is InChI=1S/C50H94NO8P/c1-6-8-10-12-14-16-18-20-22-24-26-28-30-32-34-36-38-40-42-49(52)56-46-48(47-58-60(54,55)57-45-44-51(3,4)5)59-50(53)43-41-39-37-35-33-31-29-27-25-23-21-19-17-15-13-11-9-7-2/h17,19,22-25,48H,6-16,18,20-21,26-47H2,1-5H3/b19-17-,24-22-,25-23-. The molecule has 0 fully saturated rings. The number of carbonyl (C=O) groups is 2. The van der Waals surface area contributed by atoms with Gasteiger partial charge < -0.3 is 27.9 Å². The van der Waals surface area contributed by atoms with Crippen LogP contribution in [-0.2, 0) is 32.7 Å². The van der Waals surface area contributed by atoms with Gasteiger partial charge in [0, 0.05) is 12.8 Å². The van der Waals surface area contributed by atoms with Gasteiger partial charge in [-0.25, -0.2) is 0 Å². The predicted molar refractivity (Wildman–Crippen MR) is 250 cm³/mol. The lowest BCUT2D eigenvalue weighted by Crippen LogP contribution is -2.37. The van der Waals surface area contributed by atoms with Gasteiger partial charge in [0.15, 0.2) is 6.10 Å². The third-order valence-corrected chi connectivity index (χ3v) is 11.6. The number of phosphoric acid groups is 1. The molecule has 0 rings (SSSR count). The first kappa shape index (κ1) is 58.2. The molecule has 60 heavy (non-hydrogen) atoms. The zero-order valence-corrected chi connectivity index (χ0v) is 40.6. The fourth-order valence-electron chi connectivity index (χ4n) is 6.74. The molecule has 0 saturated carbocycles. The number of carbonyl (C=O) groups excluding carboxylic acids is 2. The number of hydrogen-bond acceptors (Lipinski definition) is 8. The summed E-state index contributed by atoms with van der Waals surface area (Å²) in [5.41, 5.74) is 0. The van der Waals surface area contributed by atoms with Crippen LogP contribution in [-0.4, -0.2) is 70.0 Å². The van der Waals surface area contributed by atoms with Crippen molar-refractivity contribution in [2.45, 2.75) is 225 Å². The topological polar surface area (TPSA) is 111 Å². The lowest BCUT2D eigenvalue weighted by Gasteiger charge is -2.28. The van der Waals surface area contributed by atoms with Crippen molar-refractivity contribution in [1.82, 2.24) is 0 Å². The zero-order chi connectivity index (χ0) is 44.3. The number of unbranched alkanes of at least 4 members (excludes halogenated alkanes) is 25. The summed E-state index contributed by atoms with van der Waals surface area (Å²) >= 11 is 0. The van der Waals surface area contributed by atoms with E-state index in [0.717, 1.165) is 64.2 Å². The molecule has 0 amide bonds. The first-order valence-corrected chi connectivity index (χ1v) is 26.2. The van der Waals surface area contributed by atoms with Crippen LogP contribution in [0, 0.1) is 0 Å². The van der Waals surface area contributed by atoms with Crippen LogP contribution in [0.1, 0.15) is 219 Å². The maximum absolute atomic E-state index is 12.7. The van der Waals surface area contributed by atoms with Gasteiger partial charge >= 0.3 is 11.9 Å². The summed E-state index contributed by atoms with van der Waals surface area (Å²) in [6.07, 6.45) is 48.8. The molecule has 9 nitrogen and oxygen atoms in total. The second-order valence-electron chi connectivity index (χ2n) is 17.8. The van der Waals surface area contributed by atoms with E-state index in [1.54, 1.807) is 0 Å². The molecule has 0 radical (unpaired) electrons. The number of ether oxygens (including phenoxy) is 2. The molecular weight excluding hydrogens is 774 g/mol. The van der Waals surface area contributed by atoms with Gasteiger partial charge in [0.25, 0.3) is 7.82 Å². The average Bonchev–Trinajstić information content (AvgIpc) is 3.20. The monoisotopic (exact) mass is 868 g/mol. The van der Waals surface area contributed by atoms with Gasteiger partial charge in [-0.3, -0.25) is 14.2 Å². The number of quaternary nitrogens is 1. The highest BCUT2D eigenvalue weighted by atomic mass is 31.2. The minimum absolute atomic E-state index is 0.0331. The molecule has 0 heterocycles. The van der Waals surface area contributed by atoms with Crippen molar-refractivity contribution >= 4 is 19.8 Å². The van der Waals surface area contributed by atoms with Crippen LogP contribution in [0.5, 0.6) is 0 Å². The van der Waals surface area contributed by atoms with Gasteiger partial charge in [0.2, 0.25) is 0 Å². The largest absolute Gasteiger partial charge is 0.756 e. The van der Waals surface area contributed by atoms with E-state index in [-0.39, 0.29) is 32.0 Å². The highest BCUT2D eigenvalue weighted by Crippen LogP contribution is 2.38. The first-order chi connectivity index (χ1) is 29.0. The zero-order valence-electron chi connectivity index (χ0n) is 39.7. The number of allylic oxidation sites excluding steroid dienone is 6. The van der Waals surface area contributed by atoms with Crippen LogP contribution >= 0.6 is 7.82 Å². The van der Waals surface area contributed by atoms with E-state index in [0.29, 0.717) is 17.4 Å². The smallest absolute Gasteiger partial charge is 0.306 e. The molecule has 0 aromatic carbocycles. The Bertz CT molecular complexity index is 1120. The van der Waals surface area contributed by atoms with Gasteiger partial charge in [-0.2, -0.15) is 0 Å². The Morgan fingerprint density at radius 2 is 0.900 bits per heavy atom. The van der Waals surface area contributed by atoms with Crippen LogP contribution < -0.4 is 4.89 Å². The molecule has 0 aromatic rings. The average molecular weight is 868 g/mol. The summed E-state index contributed by atoms with van der Waals surface area (Å²) in [4.78, 5) is 37.7. The lowest BCUT2D eigenvalue weighted by molar-refractivity contribution is -0.870. The Balaban J connectivity index is 4.30. The van der Waals surface area contributed by atoms with Gasteiger partial charge in [0.1, 0.15) is 19.8 Å². The van der Waals surface area contributed by atoms with E-state index < -0.39 is 26.5 Å². The molecule has 10 heteroatoms. The summed E-state index contributed by atoms with van der Waals surface area (Å²) in [6, 6.07) is 0. The van der Waals surface area contributed by atoms with Crippen molar-refractivity contribution in [3.8, 4) is 0 Å². The maximum atomic E-state index is 12.7. The molecule has 0 saturated heterocycles. The van der Waals surface area contributed by atoms with Crippen molar-refractivity contribution in [1.29, 1.82) is 0 Å². The minimum atomic E-state index is -4.63. The maximum Gasteiger partial charge on any atom is 0.306 e. The van der Waals surface area contributed by atoms with E-state index in [1.165, 1.54) is 122 Å². The number of likely N-dealkylation sites (N-methyl/N-ethyl adjacent to an activating group) is 1. The Kier molecular flexibility index (Phi) is 41.3. The summed E-state index contributed by atoms with van der Waals surface area (Å²) in [5, 5.41) is 0. The number of nitrogens with zero attached hydrogens (tertiary/aromatic N) is 1. The van der Waals surface area contributed by atoms with Gasteiger partial charge in [-0.05, 0) is 70.6 Å². The van der Waals surface area contributed by atoms with Crippen LogP contribution in [0.3, 0.4) is 0 Å². The van der Waals surface area contributed by atoms with E-state index in [1.807, 2.05) is 21.1 Å². The molecule has 2 atom stereocenters. The fraction of sp³-hybridized carbons (Fsp3) is 0.840. The minimum Gasteiger partial charge on any atom is -0.756 e. The summed E-state index contributed by atoms with van der Waals surface area (Å²) in [5.74, 6) is -0.843. The van der Waals surface area contributed by atoms with Crippen LogP contribution in [0.2, 0.25) is 0 Å². The number of phosphoric ester groups is 1. The second-order valence-corrected chi connectivity index (χ2v) is 19.2. The number of esters is 2. The molecule has 0 aromatic heterocycles. The summed E-state index contributed by atoms with van der Waals surface area (Å²) in [7, 11) is 1.16. The number of hydrogen-bond donors (Lipinski definition) is 0. The molecule has 352 valence electrons. The fourth-order valence-corrected chi connectivity index (χ4v) is 7.47. The van der Waals surface area contributed by atoms with E-state index in [2.05, 4.69) is 50.3 Å². The molecule has 2 unspecified atom stereocenters. The quantitative estimate of drug-likeness (QED) is 0.0196. The van der Waals surface area contributed by atoms with E-state index in [4.69, 9.17) is 18.5 Å². The Morgan fingerprint density at radius 1 is 0.517 bits per heavy atom. The van der Waals surface area contributed by atoms with Gasteiger partial charge in [-0.1, -0.05) is 172 Å². The Labute approximate surface area is 370 Å². The SMILES string of the molecule is CCCCCC/C=C\C/C=C\CCCCCCCCCC(=O)OC(COC(=O)CCCCCCCCC/C=C\CCCCCCCCC)COP(=O)([O-])OCC[N+](C)(C)C. The normalized spacial score (nSPS) is 13.8. The Hall–Kier alpha value is -1.77. The Morgan fingerprint density at radius 3 is 1.35 bits per heavy atom. The third-order valence-electron chi connectivity index (χ3n) is 10.6.